The number of fused-ring (bicyclic) bond motifs is 7. The van der Waals surface area contributed by atoms with Crippen LogP contribution in [0.1, 0.15) is 51.7 Å². The Hall–Kier alpha value is -6.49. The van der Waals surface area contributed by atoms with Crippen LogP contribution in [-0.4, -0.2) is 4.57 Å². The van der Waals surface area contributed by atoms with E-state index >= 15 is 4.39 Å². The van der Waals surface area contributed by atoms with Crippen LogP contribution in [0, 0.1) is 5.82 Å². The Balaban J connectivity index is 1.13. The second kappa shape index (κ2) is 13.8. The lowest BCUT2D eigenvalue weighted by atomic mass is 9.63. The van der Waals surface area contributed by atoms with Crippen LogP contribution in [0.5, 0.6) is 0 Å². The number of anilines is 3. The highest BCUT2D eigenvalue weighted by Gasteiger charge is 2.37. The van der Waals surface area contributed by atoms with E-state index in [1.807, 2.05) is 11.3 Å². The number of benzene rings is 8. The molecule has 2 aromatic heterocycles. The molecular formula is C56H45FN2S. The van der Waals surface area contributed by atoms with E-state index < -0.39 is 0 Å². The lowest BCUT2D eigenvalue weighted by Gasteiger charge is -2.42. The summed E-state index contributed by atoms with van der Waals surface area (Å²) in [5, 5.41) is 4.79. The summed E-state index contributed by atoms with van der Waals surface area (Å²) in [5.74, 6) is -0.253. The first-order valence-corrected chi connectivity index (χ1v) is 21.8. The summed E-state index contributed by atoms with van der Waals surface area (Å²) in [7, 11) is 0. The maximum atomic E-state index is 16.2. The predicted molar refractivity (Wildman–Crippen MR) is 254 cm³/mol. The molecule has 2 nitrogen and oxygen atoms in total. The van der Waals surface area contributed by atoms with Crippen molar-refractivity contribution in [2.45, 2.75) is 51.4 Å². The molecule has 0 radical (unpaired) electrons. The summed E-state index contributed by atoms with van der Waals surface area (Å²) in [4.78, 5) is 2.39. The van der Waals surface area contributed by atoms with E-state index in [0.29, 0.717) is 0 Å². The summed E-state index contributed by atoms with van der Waals surface area (Å²) in [6, 6.07) is 62.5. The minimum absolute atomic E-state index is 0.0484. The van der Waals surface area contributed by atoms with Crippen molar-refractivity contribution in [2.75, 3.05) is 4.90 Å². The molecule has 292 valence electrons. The minimum atomic E-state index is -0.253. The van der Waals surface area contributed by atoms with Gasteiger partial charge in [0.15, 0.2) is 0 Å². The number of aromatic nitrogens is 1. The molecule has 1 aliphatic rings. The van der Waals surface area contributed by atoms with Crippen LogP contribution in [0.25, 0.3) is 69.9 Å². The van der Waals surface area contributed by atoms with Crippen molar-refractivity contribution >= 4 is 70.4 Å². The highest BCUT2D eigenvalue weighted by atomic mass is 32.1. The summed E-state index contributed by atoms with van der Waals surface area (Å²) in [6.45, 7) is 9.39. The third kappa shape index (κ3) is 5.96. The molecule has 0 N–H and O–H groups in total. The number of hydrogen-bond donors (Lipinski definition) is 0. The van der Waals surface area contributed by atoms with Gasteiger partial charge < -0.3 is 9.47 Å². The van der Waals surface area contributed by atoms with Crippen LogP contribution in [0.4, 0.5) is 21.5 Å². The molecular weight excluding hydrogens is 752 g/mol. The van der Waals surface area contributed by atoms with Gasteiger partial charge in [-0.05, 0) is 112 Å². The number of rotatable bonds is 6. The van der Waals surface area contributed by atoms with Gasteiger partial charge in [0.2, 0.25) is 0 Å². The average Bonchev–Trinajstić information content (AvgIpc) is 3.81. The lowest BCUT2D eigenvalue weighted by molar-refractivity contribution is 0.332. The minimum Gasteiger partial charge on any atom is -0.310 e. The van der Waals surface area contributed by atoms with Crippen molar-refractivity contribution in [3.63, 3.8) is 0 Å². The average molecular weight is 797 g/mol. The molecule has 10 aromatic rings. The van der Waals surface area contributed by atoms with Crippen molar-refractivity contribution in [1.82, 2.24) is 4.57 Å². The Morgan fingerprint density at radius 3 is 1.97 bits per heavy atom. The Kier molecular flexibility index (Phi) is 8.41. The quantitative estimate of drug-likeness (QED) is 0.163. The van der Waals surface area contributed by atoms with Crippen molar-refractivity contribution in [3.05, 3.63) is 193 Å². The van der Waals surface area contributed by atoms with Crippen LogP contribution in [0.2, 0.25) is 0 Å². The standard InChI is InChI=1S/C56H45FN2S/c1-55(2)28-29-56(3,4)49-32-37(22-27-48(49)55)38-30-39(57)33-42(31-38)59-51-20-12-9-17-44(51)45-25-23-40(34-52(45)59)58(50-19-11-8-16-43(50)36-14-6-5-7-15-36)41-24-26-47-46-18-10-13-21-53(46)60-54(47)35-41/h5-27,30-35H,28-29H2,1-4H3. The van der Waals surface area contributed by atoms with E-state index in [4.69, 9.17) is 0 Å². The summed E-state index contributed by atoms with van der Waals surface area (Å²) < 4.78 is 20.9. The fraction of sp³-hybridized carbons (Fsp3) is 0.143. The zero-order valence-corrected chi connectivity index (χ0v) is 35.2. The normalized spacial score (nSPS) is 14.6. The van der Waals surface area contributed by atoms with Crippen molar-refractivity contribution < 1.29 is 4.39 Å². The molecule has 0 amide bonds. The second-order valence-corrected chi connectivity index (χ2v) is 18.9. The highest BCUT2D eigenvalue weighted by Crippen LogP contribution is 2.48. The van der Waals surface area contributed by atoms with Crippen molar-refractivity contribution in [2.24, 2.45) is 0 Å². The number of hydrogen-bond acceptors (Lipinski definition) is 2. The maximum Gasteiger partial charge on any atom is 0.125 e. The van der Waals surface area contributed by atoms with Gasteiger partial charge >= 0.3 is 0 Å². The maximum absolute atomic E-state index is 16.2. The first-order chi connectivity index (χ1) is 29.1. The van der Waals surface area contributed by atoms with E-state index in [-0.39, 0.29) is 16.6 Å². The van der Waals surface area contributed by atoms with E-state index in [0.717, 1.165) is 79.7 Å². The van der Waals surface area contributed by atoms with E-state index in [1.165, 1.54) is 31.3 Å². The summed E-state index contributed by atoms with van der Waals surface area (Å²) >= 11 is 1.83. The van der Waals surface area contributed by atoms with E-state index in [1.54, 1.807) is 12.1 Å². The first-order valence-electron chi connectivity index (χ1n) is 21.0. The van der Waals surface area contributed by atoms with Gasteiger partial charge in [-0.3, -0.25) is 0 Å². The molecule has 0 aliphatic heterocycles. The fourth-order valence-electron chi connectivity index (χ4n) is 9.83. The Bertz CT molecular complexity index is 3290. The molecule has 0 fully saturated rings. The van der Waals surface area contributed by atoms with Gasteiger partial charge in [0.05, 0.1) is 16.7 Å². The molecule has 0 saturated carbocycles. The molecule has 2 heterocycles. The SMILES string of the molecule is CC1(C)CCC(C)(C)c2cc(-c3cc(F)cc(-n4c5ccccc5c5ccc(N(c6ccc7c(c6)sc6ccccc67)c6ccccc6-c6ccccc6)cc54)c3)ccc21. The third-order valence-electron chi connectivity index (χ3n) is 13.1. The molecule has 4 heteroatoms. The van der Waals surface area contributed by atoms with Gasteiger partial charge in [0.1, 0.15) is 5.82 Å². The molecule has 1 aliphatic carbocycles. The zero-order valence-electron chi connectivity index (χ0n) is 34.3. The number of nitrogens with zero attached hydrogens (tertiary/aromatic N) is 2. The Labute approximate surface area is 354 Å². The van der Waals surface area contributed by atoms with E-state index in [9.17, 15) is 0 Å². The lowest BCUT2D eigenvalue weighted by Crippen LogP contribution is -2.33. The topological polar surface area (TPSA) is 8.17 Å². The largest absolute Gasteiger partial charge is 0.310 e. The number of thiophene rings is 1. The second-order valence-electron chi connectivity index (χ2n) is 17.8. The van der Waals surface area contributed by atoms with Crippen LogP contribution in [0.15, 0.2) is 176 Å². The van der Waals surface area contributed by atoms with Crippen LogP contribution < -0.4 is 4.90 Å². The van der Waals surface area contributed by atoms with Gasteiger partial charge in [-0.1, -0.05) is 143 Å². The van der Waals surface area contributed by atoms with Gasteiger partial charge in [-0.2, -0.15) is 0 Å². The van der Waals surface area contributed by atoms with Gasteiger partial charge in [0.25, 0.3) is 0 Å². The predicted octanol–water partition coefficient (Wildman–Crippen LogP) is 16.4. The molecule has 11 rings (SSSR count). The summed E-state index contributed by atoms with van der Waals surface area (Å²) in [6.07, 6.45) is 2.28. The zero-order chi connectivity index (χ0) is 40.8. The van der Waals surface area contributed by atoms with Crippen LogP contribution in [-0.2, 0) is 10.8 Å². The van der Waals surface area contributed by atoms with Gasteiger partial charge in [0, 0.05) is 53.6 Å². The smallest absolute Gasteiger partial charge is 0.125 e. The fourth-order valence-corrected chi connectivity index (χ4v) is 11.0. The Morgan fingerprint density at radius 2 is 1.13 bits per heavy atom. The molecule has 0 unspecified atom stereocenters. The number of para-hydroxylation sites is 2. The first kappa shape index (κ1) is 36.6. The number of halogens is 1. The van der Waals surface area contributed by atoms with Gasteiger partial charge in [-0.25, -0.2) is 4.39 Å². The molecule has 0 bridgehead atoms. The Morgan fingerprint density at radius 1 is 0.483 bits per heavy atom. The van der Waals surface area contributed by atoms with Crippen LogP contribution in [0.3, 0.4) is 0 Å². The highest BCUT2D eigenvalue weighted by molar-refractivity contribution is 7.25. The third-order valence-corrected chi connectivity index (χ3v) is 14.2. The summed E-state index contributed by atoms with van der Waals surface area (Å²) in [5.41, 5.74) is 13.2. The van der Waals surface area contributed by atoms with E-state index in [2.05, 4.69) is 201 Å². The molecule has 8 aromatic carbocycles. The van der Waals surface area contributed by atoms with Gasteiger partial charge in [-0.15, -0.1) is 11.3 Å². The molecule has 0 atom stereocenters. The molecule has 0 spiro atoms. The monoisotopic (exact) mass is 796 g/mol. The van der Waals surface area contributed by atoms with Crippen molar-refractivity contribution in [1.29, 1.82) is 0 Å². The molecule has 0 saturated heterocycles. The molecule has 60 heavy (non-hydrogen) atoms. The van der Waals surface area contributed by atoms with Crippen LogP contribution >= 0.6 is 11.3 Å². The van der Waals surface area contributed by atoms with Crippen molar-refractivity contribution in [3.8, 4) is 27.9 Å².